The second-order valence-corrected chi connectivity index (χ2v) is 8.32. The van der Waals surface area contributed by atoms with Crippen LogP contribution in [0.4, 0.5) is 0 Å². The summed E-state index contributed by atoms with van der Waals surface area (Å²) in [6.45, 7) is -0.720. The fourth-order valence-corrected chi connectivity index (χ4v) is 3.29. The number of aliphatic hydroxyl groups excluding tert-OH is 1. The second-order valence-electron chi connectivity index (χ2n) is 6.96. The van der Waals surface area contributed by atoms with Crippen molar-refractivity contribution < 1.29 is 29.4 Å². The molecule has 178 valence electrons. The minimum absolute atomic E-state index is 0.0389. The third-order valence-corrected chi connectivity index (χ3v) is 5.53. The van der Waals surface area contributed by atoms with E-state index in [4.69, 9.17) is 5.73 Å². The first kappa shape index (κ1) is 27.8. The highest BCUT2D eigenvalue weighted by molar-refractivity contribution is 7.98. The van der Waals surface area contributed by atoms with Crippen LogP contribution in [0.5, 0.6) is 0 Å². The third kappa shape index (κ3) is 9.47. The summed E-state index contributed by atoms with van der Waals surface area (Å²) < 4.78 is 0. The van der Waals surface area contributed by atoms with Gasteiger partial charge in [0.2, 0.25) is 17.7 Å². The number of carboxylic acids is 1. The fraction of sp³-hybridized carbons (Fsp3) is 0.500. The van der Waals surface area contributed by atoms with E-state index in [1.54, 1.807) is 30.3 Å². The lowest BCUT2D eigenvalue weighted by Crippen LogP contribution is -2.58. The van der Waals surface area contributed by atoms with Crippen LogP contribution >= 0.6 is 24.4 Å². The molecule has 0 aliphatic carbocycles. The van der Waals surface area contributed by atoms with E-state index >= 15 is 0 Å². The Morgan fingerprint density at radius 1 is 1.00 bits per heavy atom. The normalized spacial score (nSPS) is 14.5. The third-order valence-electron chi connectivity index (χ3n) is 4.49. The van der Waals surface area contributed by atoms with Crippen molar-refractivity contribution in [3.05, 3.63) is 35.9 Å². The number of aliphatic hydroxyl groups is 1. The number of amides is 3. The van der Waals surface area contributed by atoms with Crippen molar-refractivity contribution in [1.29, 1.82) is 0 Å². The lowest BCUT2D eigenvalue weighted by molar-refractivity contribution is -0.142. The lowest BCUT2D eigenvalue weighted by Gasteiger charge is -2.24. The maximum absolute atomic E-state index is 12.9. The number of carbonyl (C=O) groups is 4. The SMILES string of the molecule is CSCCC(NC(=O)C(Cc1ccccc1)NC(=O)C(CO)NC(=O)C(N)CS)C(=O)O. The molecule has 0 fully saturated rings. The predicted octanol–water partition coefficient (Wildman–Crippen LogP) is -1.23. The zero-order valence-electron chi connectivity index (χ0n) is 17.7. The number of hydrogen-bond donors (Lipinski definition) is 7. The molecule has 0 saturated heterocycles. The van der Waals surface area contributed by atoms with E-state index in [1.807, 2.05) is 6.26 Å². The van der Waals surface area contributed by atoms with E-state index < -0.39 is 54.5 Å². The Balaban J connectivity index is 2.99. The van der Waals surface area contributed by atoms with Crippen molar-refractivity contribution >= 4 is 48.1 Å². The number of thioether (sulfide) groups is 1. The first-order valence-electron chi connectivity index (χ1n) is 9.87. The summed E-state index contributed by atoms with van der Waals surface area (Å²) in [5, 5.41) is 26.2. The molecule has 0 heterocycles. The molecule has 0 spiro atoms. The Bertz CT molecular complexity index is 768. The quantitative estimate of drug-likeness (QED) is 0.160. The number of hydrogen-bond acceptors (Lipinski definition) is 8. The van der Waals surface area contributed by atoms with Crippen molar-refractivity contribution in [3.63, 3.8) is 0 Å². The van der Waals surface area contributed by atoms with Gasteiger partial charge in [0.15, 0.2) is 0 Å². The van der Waals surface area contributed by atoms with Crippen LogP contribution in [0.1, 0.15) is 12.0 Å². The number of benzene rings is 1. The maximum Gasteiger partial charge on any atom is 0.326 e. The minimum atomic E-state index is -1.34. The Morgan fingerprint density at radius 3 is 2.09 bits per heavy atom. The second kappa shape index (κ2) is 14.7. The summed E-state index contributed by atoms with van der Waals surface area (Å²) in [6, 6.07) is 4.26. The first-order chi connectivity index (χ1) is 15.2. The van der Waals surface area contributed by atoms with E-state index in [0.717, 1.165) is 5.56 Å². The van der Waals surface area contributed by atoms with E-state index in [0.29, 0.717) is 5.75 Å². The smallest absolute Gasteiger partial charge is 0.326 e. The maximum atomic E-state index is 12.9. The van der Waals surface area contributed by atoms with Gasteiger partial charge in [-0.1, -0.05) is 30.3 Å². The Labute approximate surface area is 196 Å². The number of thiol groups is 1. The van der Waals surface area contributed by atoms with Gasteiger partial charge in [-0.3, -0.25) is 14.4 Å². The zero-order chi connectivity index (χ0) is 24.1. The van der Waals surface area contributed by atoms with Crippen molar-refractivity contribution in [2.24, 2.45) is 5.73 Å². The van der Waals surface area contributed by atoms with Crippen LogP contribution < -0.4 is 21.7 Å². The molecular weight excluding hydrogens is 456 g/mol. The Hall–Kier alpha value is -2.28. The summed E-state index contributed by atoms with van der Waals surface area (Å²) >= 11 is 5.36. The summed E-state index contributed by atoms with van der Waals surface area (Å²) in [7, 11) is 0. The van der Waals surface area contributed by atoms with Gasteiger partial charge >= 0.3 is 5.97 Å². The van der Waals surface area contributed by atoms with Crippen molar-refractivity contribution in [2.75, 3.05) is 24.4 Å². The summed E-state index contributed by atoms with van der Waals surface area (Å²) in [5.41, 5.74) is 6.30. The molecule has 32 heavy (non-hydrogen) atoms. The average molecular weight is 487 g/mol. The predicted molar refractivity (Wildman–Crippen MR) is 125 cm³/mol. The Kier molecular flexibility index (Phi) is 12.8. The molecule has 0 bridgehead atoms. The highest BCUT2D eigenvalue weighted by Crippen LogP contribution is 2.06. The summed E-state index contributed by atoms with van der Waals surface area (Å²) in [4.78, 5) is 49.0. The molecule has 1 rings (SSSR count). The first-order valence-corrected chi connectivity index (χ1v) is 11.9. The molecule has 1 aromatic rings. The molecule has 1 aromatic carbocycles. The minimum Gasteiger partial charge on any atom is -0.480 e. The van der Waals surface area contributed by atoms with Crippen LogP contribution in [0.15, 0.2) is 30.3 Å². The van der Waals surface area contributed by atoms with Gasteiger partial charge in [-0.25, -0.2) is 4.79 Å². The van der Waals surface area contributed by atoms with Crippen molar-refractivity contribution in [2.45, 2.75) is 37.0 Å². The van der Waals surface area contributed by atoms with Gasteiger partial charge in [-0.15, -0.1) is 0 Å². The molecule has 0 aromatic heterocycles. The molecular formula is C20H30N4O6S2. The Morgan fingerprint density at radius 2 is 1.56 bits per heavy atom. The summed E-state index contributed by atoms with van der Waals surface area (Å²) in [5.74, 6) is -2.79. The molecule has 4 atom stereocenters. The van der Waals surface area contributed by atoms with Gasteiger partial charge in [-0.05, 0) is 24.0 Å². The number of nitrogens with one attached hydrogen (secondary N) is 3. The molecule has 4 unspecified atom stereocenters. The number of nitrogens with two attached hydrogens (primary N) is 1. The molecule has 0 radical (unpaired) electrons. The van der Waals surface area contributed by atoms with Crippen LogP contribution in [-0.2, 0) is 25.6 Å². The topological polar surface area (TPSA) is 171 Å². The van der Waals surface area contributed by atoms with E-state index in [-0.39, 0.29) is 18.6 Å². The van der Waals surface area contributed by atoms with Crippen LogP contribution in [0.3, 0.4) is 0 Å². The van der Waals surface area contributed by atoms with Crippen molar-refractivity contribution in [3.8, 4) is 0 Å². The van der Waals surface area contributed by atoms with Crippen molar-refractivity contribution in [1.82, 2.24) is 16.0 Å². The number of rotatable bonds is 14. The molecule has 12 heteroatoms. The van der Waals surface area contributed by atoms with Crippen LogP contribution in [-0.4, -0.2) is 82.4 Å². The largest absolute Gasteiger partial charge is 0.480 e. The molecule has 7 N–H and O–H groups in total. The highest BCUT2D eigenvalue weighted by Gasteiger charge is 2.30. The van der Waals surface area contributed by atoms with Crippen LogP contribution in [0.2, 0.25) is 0 Å². The van der Waals surface area contributed by atoms with Crippen LogP contribution in [0.25, 0.3) is 0 Å². The average Bonchev–Trinajstić information content (AvgIpc) is 2.79. The lowest BCUT2D eigenvalue weighted by atomic mass is 10.0. The van der Waals surface area contributed by atoms with E-state index in [1.165, 1.54) is 11.8 Å². The van der Waals surface area contributed by atoms with Gasteiger partial charge in [0, 0.05) is 12.2 Å². The van der Waals surface area contributed by atoms with E-state index in [2.05, 4.69) is 28.6 Å². The molecule has 0 saturated carbocycles. The van der Waals surface area contributed by atoms with Crippen LogP contribution in [0, 0.1) is 0 Å². The number of carbonyl (C=O) groups excluding carboxylic acids is 3. The molecule has 0 aliphatic heterocycles. The standard InChI is InChI=1S/C20H30N4O6S2/c1-32-8-7-14(20(29)30)22-18(27)15(9-12-5-3-2-4-6-12)23-19(28)16(10-25)24-17(26)13(21)11-31/h2-6,13-16,25,31H,7-11,21H2,1H3,(H,22,27)(H,23,28)(H,24,26)(H,29,30). The molecule has 10 nitrogen and oxygen atoms in total. The van der Waals surface area contributed by atoms with Gasteiger partial charge in [-0.2, -0.15) is 24.4 Å². The van der Waals surface area contributed by atoms with Gasteiger partial charge in [0.05, 0.1) is 12.6 Å². The zero-order valence-corrected chi connectivity index (χ0v) is 19.4. The van der Waals surface area contributed by atoms with Gasteiger partial charge < -0.3 is 31.9 Å². The van der Waals surface area contributed by atoms with Gasteiger partial charge in [0.25, 0.3) is 0 Å². The molecule has 3 amide bonds. The monoisotopic (exact) mass is 486 g/mol. The van der Waals surface area contributed by atoms with Gasteiger partial charge in [0.1, 0.15) is 18.1 Å². The fourth-order valence-electron chi connectivity index (χ4n) is 2.65. The summed E-state index contributed by atoms with van der Waals surface area (Å²) in [6.07, 6.45) is 2.11. The number of aliphatic carboxylic acids is 1. The molecule has 0 aliphatic rings. The highest BCUT2D eigenvalue weighted by atomic mass is 32.2. The van der Waals surface area contributed by atoms with E-state index in [9.17, 15) is 29.4 Å². The number of carboxylic acid groups (broad SMARTS) is 1.